The molecule has 3 nitrogen and oxygen atoms in total. The largest absolute Gasteiger partial charge is 0.378 e. The lowest BCUT2D eigenvalue weighted by atomic mass is 9.72. The minimum atomic E-state index is 0.0947. The van der Waals surface area contributed by atoms with Crippen molar-refractivity contribution in [3.63, 3.8) is 0 Å². The maximum Gasteiger partial charge on any atom is 0.0746 e. The van der Waals surface area contributed by atoms with E-state index in [1.165, 1.54) is 0 Å². The number of rotatable bonds is 2. The molecule has 1 saturated heterocycles. The van der Waals surface area contributed by atoms with E-state index in [1.54, 1.807) is 0 Å². The van der Waals surface area contributed by atoms with Crippen LogP contribution in [0.5, 0.6) is 0 Å². The van der Waals surface area contributed by atoms with Gasteiger partial charge in [0.1, 0.15) is 0 Å². The quantitative estimate of drug-likeness (QED) is 0.699. The van der Waals surface area contributed by atoms with Gasteiger partial charge in [-0.15, -0.1) is 0 Å². The van der Waals surface area contributed by atoms with Gasteiger partial charge < -0.3 is 15.2 Å². The molecule has 3 heteroatoms. The molecule has 1 spiro atoms. The Labute approximate surface area is 79.6 Å². The fourth-order valence-corrected chi connectivity index (χ4v) is 2.47. The zero-order valence-electron chi connectivity index (χ0n) is 8.29. The van der Waals surface area contributed by atoms with Crippen molar-refractivity contribution in [1.29, 1.82) is 0 Å². The molecule has 1 saturated carbocycles. The van der Waals surface area contributed by atoms with Gasteiger partial charge in [-0.1, -0.05) is 0 Å². The molecular formula is C10H19NO2. The number of hydrogen-bond acceptors (Lipinski definition) is 3. The van der Waals surface area contributed by atoms with E-state index in [0.29, 0.717) is 12.1 Å². The van der Waals surface area contributed by atoms with Crippen molar-refractivity contribution >= 4 is 0 Å². The first-order chi connectivity index (χ1) is 6.24. The summed E-state index contributed by atoms with van der Waals surface area (Å²) in [5.41, 5.74) is 6.01. The first-order valence-corrected chi connectivity index (χ1v) is 5.25. The minimum Gasteiger partial charge on any atom is -0.378 e. The zero-order valence-corrected chi connectivity index (χ0v) is 8.29. The summed E-state index contributed by atoms with van der Waals surface area (Å²) >= 11 is 0. The molecular weight excluding hydrogens is 166 g/mol. The second kappa shape index (κ2) is 3.56. The van der Waals surface area contributed by atoms with E-state index < -0.39 is 0 Å². The summed E-state index contributed by atoms with van der Waals surface area (Å²) in [7, 11) is 0. The van der Waals surface area contributed by atoms with E-state index in [4.69, 9.17) is 15.2 Å². The second-order valence-corrected chi connectivity index (χ2v) is 4.27. The first-order valence-electron chi connectivity index (χ1n) is 5.25. The Morgan fingerprint density at radius 3 is 2.85 bits per heavy atom. The average Bonchev–Trinajstić information content (AvgIpc) is 2.02. The lowest BCUT2D eigenvalue weighted by Crippen LogP contribution is -2.56. The first kappa shape index (κ1) is 9.44. The SMILES string of the molecule is CCOC1CC2(CC(N)CCO2)C1. The molecule has 0 radical (unpaired) electrons. The summed E-state index contributed by atoms with van der Waals surface area (Å²) < 4.78 is 11.3. The predicted octanol–water partition coefficient (Wildman–Crippen LogP) is 1.06. The monoisotopic (exact) mass is 185 g/mol. The molecule has 1 heterocycles. The average molecular weight is 185 g/mol. The highest BCUT2D eigenvalue weighted by molar-refractivity contribution is 5.00. The smallest absolute Gasteiger partial charge is 0.0746 e. The Hall–Kier alpha value is -0.120. The third kappa shape index (κ3) is 1.87. The van der Waals surface area contributed by atoms with Gasteiger partial charge in [0.2, 0.25) is 0 Å². The van der Waals surface area contributed by atoms with Gasteiger partial charge in [-0.25, -0.2) is 0 Å². The zero-order chi connectivity index (χ0) is 9.31. The minimum absolute atomic E-state index is 0.0947. The second-order valence-electron chi connectivity index (χ2n) is 4.27. The van der Waals surface area contributed by atoms with Crippen LogP contribution in [0.1, 0.15) is 32.6 Å². The predicted molar refractivity (Wildman–Crippen MR) is 50.5 cm³/mol. The maximum absolute atomic E-state index is 5.92. The molecule has 0 aromatic heterocycles. The third-order valence-electron chi connectivity index (χ3n) is 3.13. The van der Waals surface area contributed by atoms with Crippen LogP contribution in [0.15, 0.2) is 0 Å². The highest BCUT2D eigenvalue weighted by Crippen LogP contribution is 2.43. The van der Waals surface area contributed by atoms with Crippen LogP contribution in [0.3, 0.4) is 0 Å². The summed E-state index contributed by atoms with van der Waals surface area (Å²) in [6.45, 7) is 3.69. The van der Waals surface area contributed by atoms with Crippen LogP contribution in [-0.2, 0) is 9.47 Å². The summed E-state index contributed by atoms with van der Waals surface area (Å²) in [4.78, 5) is 0. The van der Waals surface area contributed by atoms with E-state index in [1.807, 2.05) is 6.92 Å². The molecule has 1 aliphatic carbocycles. The Bertz CT molecular complexity index is 178. The van der Waals surface area contributed by atoms with E-state index in [-0.39, 0.29) is 5.60 Å². The fraction of sp³-hybridized carbons (Fsp3) is 1.00. The van der Waals surface area contributed by atoms with Crippen molar-refractivity contribution in [3.05, 3.63) is 0 Å². The van der Waals surface area contributed by atoms with Crippen molar-refractivity contribution in [2.75, 3.05) is 13.2 Å². The van der Waals surface area contributed by atoms with Crippen LogP contribution in [0.2, 0.25) is 0 Å². The van der Waals surface area contributed by atoms with Gasteiger partial charge in [0, 0.05) is 32.1 Å². The molecule has 13 heavy (non-hydrogen) atoms. The highest BCUT2D eigenvalue weighted by Gasteiger charge is 2.48. The summed E-state index contributed by atoms with van der Waals surface area (Å²) in [6.07, 6.45) is 4.57. The van der Waals surface area contributed by atoms with Crippen molar-refractivity contribution in [2.24, 2.45) is 5.73 Å². The fourth-order valence-electron chi connectivity index (χ4n) is 2.47. The van der Waals surface area contributed by atoms with Gasteiger partial charge >= 0.3 is 0 Å². The molecule has 1 unspecified atom stereocenters. The molecule has 0 bridgehead atoms. The molecule has 2 N–H and O–H groups in total. The Morgan fingerprint density at radius 2 is 2.23 bits per heavy atom. The molecule has 0 aromatic carbocycles. The van der Waals surface area contributed by atoms with Crippen LogP contribution in [-0.4, -0.2) is 31.0 Å². The molecule has 0 amide bonds. The highest BCUT2D eigenvalue weighted by atomic mass is 16.5. The molecule has 2 rings (SSSR count). The van der Waals surface area contributed by atoms with Gasteiger partial charge in [0.25, 0.3) is 0 Å². The molecule has 1 aliphatic heterocycles. The molecule has 2 aliphatic rings. The maximum atomic E-state index is 5.92. The topological polar surface area (TPSA) is 44.5 Å². The van der Waals surface area contributed by atoms with E-state index >= 15 is 0 Å². The summed E-state index contributed by atoms with van der Waals surface area (Å²) in [5.74, 6) is 0. The standard InChI is InChI=1S/C10H19NO2/c1-2-12-9-6-10(7-9)5-8(11)3-4-13-10/h8-9H,2-7,11H2,1H3. The van der Waals surface area contributed by atoms with E-state index in [0.717, 1.165) is 38.9 Å². The number of hydrogen-bond donors (Lipinski definition) is 1. The van der Waals surface area contributed by atoms with Gasteiger partial charge in [-0.05, 0) is 19.8 Å². The van der Waals surface area contributed by atoms with Gasteiger partial charge in [0.05, 0.1) is 11.7 Å². The Kier molecular flexibility index (Phi) is 2.58. The van der Waals surface area contributed by atoms with E-state index in [2.05, 4.69) is 0 Å². The molecule has 2 fully saturated rings. The molecule has 1 atom stereocenters. The third-order valence-corrected chi connectivity index (χ3v) is 3.13. The van der Waals surface area contributed by atoms with Crippen LogP contribution < -0.4 is 5.73 Å². The van der Waals surface area contributed by atoms with Crippen LogP contribution >= 0.6 is 0 Å². The van der Waals surface area contributed by atoms with Gasteiger partial charge in [0.15, 0.2) is 0 Å². The van der Waals surface area contributed by atoms with Crippen LogP contribution in [0, 0.1) is 0 Å². The Balaban J connectivity index is 1.81. The molecule has 0 aromatic rings. The van der Waals surface area contributed by atoms with Gasteiger partial charge in [-0.2, -0.15) is 0 Å². The van der Waals surface area contributed by atoms with Crippen molar-refractivity contribution in [3.8, 4) is 0 Å². The van der Waals surface area contributed by atoms with Gasteiger partial charge in [-0.3, -0.25) is 0 Å². The van der Waals surface area contributed by atoms with Crippen molar-refractivity contribution in [1.82, 2.24) is 0 Å². The Morgan fingerprint density at radius 1 is 1.46 bits per heavy atom. The number of nitrogens with two attached hydrogens (primary N) is 1. The van der Waals surface area contributed by atoms with Crippen molar-refractivity contribution in [2.45, 2.75) is 50.4 Å². The molecule has 76 valence electrons. The van der Waals surface area contributed by atoms with E-state index in [9.17, 15) is 0 Å². The lowest BCUT2D eigenvalue weighted by molar-refractivity contribution is -0.191. The normalized spacial score (nSPS) is 44.8. The number of ether oxygens (including phenoxy) is 2. The summed E-state index contributed by atoms with van der Waals surface area (Å²) in [5, 5.41) is 0. The van der Waals surface area contributed by atoms with Crippen LogP contribution in [0.25, 0.3) is 0 Å². The van der Waals surface area contributed by atoms with Crippen molar-refractivity contribution < 1.29 is 9.47 Å². The lowest BCUT2D eigenvalue weighted by Gasteiger charge is -2.50. The van der Waals surface area contributed by atoms with Crippen LogP contribution in [0.4, 0.5) is 0 Å². The summed E-state index contributed by atoms with van der Waals surface area (Å²) in [6, 6.07) is 0.344.